The molecule has 0 aliphatic rings. The molecule has 1 heterocycles. The van der Waals surface area contributed by atoms with E-state index in [4.69, 9.17) is 5.11 Å². The lowest BCUT2D eigenvalue weighted by molar-refractivity contribution is -0.115. The van der Waals surface area contributed by atoms with Crippen molar-refractivity contribution in [2.75, 3.05) is 5.32 Å². The van der Waals surface area contributed by atoms with Gasteiger partial charge in [-0.15, -0.1) is 10.2 Å². The standard InChI is InChI=1S/C23H26N4O5S2/c1-4-19(21(28)24-17-8-6-7-16(13-17)22(29)30)33-23-26-25-20(27(23)5-2)14-34(31,32)18-11-9-15(3)10-12-18/h6-13,19H,4-5,14H2,1-3H3,(H,24,28)(H,29,30). The van der Waals surface area contributed by atoms with Crippen LogP contribution in [0.1, 0.15) is 42.0 Å². The number of hydrogen-bond acceptors (Lipinski definition) is 7. The second-order valence-corrected chi connectivity index (χ2v) is 10.8. The number of sulfone groups is 1. The average Bonchev–Trinajstić information content (AvgIpc) is 3.18. The number of aryl methyl sites for hydroxylation is 1. The van der Waals surface area contributed by atoms with Crippen LogP contribution in [0.25, 0.3) is 0 Å². The summed E-state index contributed by atoms with van der Waals surface area (Å²) >= 11 is 1.19. The van der Waals surface area contributed by atoms with Crippen molar-refractivity contribution >= 4 is 39.2 Å². The van der Waals surface area contributed by atoms with Gasteiger partial charge in [0.05, 0.1) is 15.7 Å². The van der Waals surface area contributed by atoms with Crippen LogP contribution in [0.3, 0.4) is 0 Å². The molecule has 3 aromatic rings. The van der Waals surface area contributed by atoms with E-state index < -0.39 is 21.1 Å². The van der Waals surface area contributed by atoms with Crippen molar-refractivity contribution in [2.45, 2.75) is 54.8 Å². The Hall–Kier alpha value is -3.18. The number of rotatable bonds is 10. The highest BCUT2D eigenvalue weighted by molar-refractivity contribution is 8.00. The van der Waals surface area contributed by atoms with Crippen molar-refractivity contribution in [2.24, 2.45) is 0 Å². The molecule has 0 aliphatic heterocycles. The van der Waals surface area contributed by atoms with Crippen LogP contribution in [0.2, 0.25) is 0 Å². The summed E-state index contributed by atoms with van der Waals surface area (Å²) in [5.41, 5.74) is 1.42. The largest absolute Gasteiger partial charge is 0.478 e. The molecule has 11 heteroatoms. The Labute approximate surface area is 202 Å². The Balaban J connectivity index is 1.77. The Morgan fingerprint density at radius 1 is 1.12 bits per heavy atom. The van der Waals surface area contributed by atoms with E-state index in [0.717, 1.165) is 5.56 Å². The molecular weight excluding hydrogens is 476 g/mol. The number of thioether (sulfide) groups is 1. The first-order valence-corrected chi connectivity index (χ1v) is 13.2. The molecule has 0 fully saturated rings. The van der Waals surface area contributed by atoms with E-state index in [0.29, 0.717) is 29.6 Å². The van der Waals surface area contributed by atoms with E-state index >= 15 is 0 Å². The van der Waals surface area contributed by atoms with Crippen LogP contribution in [0.4, 0.5) is 5.69 Å². The van der Waals surface area contributed by atoms with E-state index in [1.54, 1.807) is 41.0 Å². The monoisotopic (exact) mass is 502 g/mol. The Bertz CT molecular complexity index is 1290. The topological polar surface area (TPSA) is 131 Å². The SMILES string of the molecule is CCC(Sc1nnc(CS(=O)(=O)c2ccc(C)cc2)n1CC)C(=O)Nc1cccc(C(=O)O)c1. The average molecular weight is 503 g/mol. The van der Waals surface area contributed by atoms with E-state index in [9.17, 15) is 18.0 Å². The van der Waals surface area contributed by atoms with Crippen LogP contribution in [0, 0.1) is 6.92 Å². The molecule has 1 amide bonds. The van der Waals surface area contributed by atoms with Crippen LogP contribution < -0.4 is 5.32 Å². The minimum absolute atomic E-state index is 0.0728. The van der Waals surface area contributed by atoms with E-state index in [1.165, 1.54) is 23.9 Å². The number of nitrogens with zero attached hydrogens (tertiary/aromatic N) is 3. The summed E-state index contributed by atoms with van der Waals surface area (Å²) in [5, 5.41) is 20.0. The van der Waals surface area contributed by atoms with Crippen molar-refractivity contribution in [1.29, 1.82) is 0 Å². The van der Waals surface area contributed by atoms with E-state index in [1.807, 2.05) is 20.8 Å². The highest BCUT2D eigenvalue weighted by Crippen LogP contribution is 2.27. The number of carboxylic acids is 1. The lowest BCUT2D eigenvalue weighted by Gasteiger charge is -2.15. The Morgan fingerprint density at radius 2 is 1.82 bits per heavy atom. The van der Waals surface area contributed by atoms with Gasteiger partial charge in [-0.1, -0.05) is 42.4 Å². The Morgan fingerprint density at radius 3 is 2.44 bits per heavy atom. The molecule has 1 aromatic heterocycles. The maximum Gasteiger partial charge on any atom is 0.335 e. The summed E-state index contributed by atoms with van der Waals surface area (Å²) < 4.78 is 27.4. The minimum atomic E-state index is -3.61. The quantitative estimate of drug-likeness (QED) is 0.400. The summed E-state index contributed by atoms with van der Waals surface area (Å²) in [6.45, 7) is 6.03. The second-order valence-electron chi connectivity index (χ2n) is 7.61. The van der Waals surface area contributed by atoms with Gasteiger partial charge in [-0.05, 0) is 50.6 Å². The van der Waals surface area contributed by atoms with Gasteiger partial charge in [0.25, 0.3) is 0 Å². The molecule has 3 rings (SSSR count). The zero-order valence-corrected chi connectivity index (χ0v) is 20.7. The zero-order valence-electron chi connectivity index (χ0n) is 19.1. The van der Waals surface area contributed by atoms with Crippen LogP contribution in [0.5, 0.6) is 0 Å². The molecule has 0 aliphatic carbocycles. The fraction of sp³-hybridized carbons (Fsp3) is 0.304. The third-order valence-electron chi connectivity index (χ3n) is 5.10. The molecule has 0 saturated heterocycles. The van der Waals surface area contributed by atoms with Gasteiger partial charge in [0.15, 0.2) is 15.0 Å². The van der Waals surface area contributed by atoms with Crippen LogP contribution in [-0.4, -0.2) is 45.4 Å². The van der Waals surface area contributed by atoms with Crippen molar-refractivity contribution in [1.82, 2.24) is 14.8 Å². The first kappa shape index (κ1) is 25.4. The second kappa shape index (κ2) is 10.8. The predicted octanol–water partition coefficient (Wildman–Crippen LogP) is 3.79. The van der Waals surface area contributed by atoms with Gasteiger partial charge in [-0.3, -0.25) is 4.79 Å². The molecule has 0 spiro atoms. The van der Waals surface area contributed by atoms with Gasteiger partial charge in [0.1, 0.15) is 11.6 Å². The fourth-order valence-corrected chi connectivity index (χ4v) is 5.54. The molecule has 9 nitrogen and oxygen atoms in total. The molecule has 0 bridgehead atoms. The van der Waals surface area contributed by atoms with Crippen molar-refractivity contribution in [3.8, 4) is 0 Å². The molecule has 0 saturated carbocycles. The van der Waals surface area contributed by atoms with Gasteiger partial charge < -0.3 is 15.0 Å². The van der Waals surface area contributed by atoms with Crippen LogP contribution in [-0.2, 0) is 26.9 Å². The third kappa shape index (κ3) is 6.03. The van der Waals surface area contributed by atoms with Crippen molar-refractivity contribution in [3.05, 3.63) is 65.5 Å². The summed E-state index contributed by atoms with van der Waals surface area (Å²) in [5.74, 6) is -1.39. The maximum atomic E-state index is 12.9. The number of nitrogens with one attached hydrogen (secondary N) is 1. The summed E-state index contributed by atoms with van der Waals surface area (Å²) in [4.78, 5) is 24.2. The van der Waals surface area contributed by atoms with Gasteiger partial charge >= 0.3 is 5.97 Å². The number of aromatic nitrogens is 3. The predicted molar refractivity (Wildman–Crippen MR) is 130 cm³/mol. The number of carboxylic acid groups (broad SMARTS) is 1. The number of aromatic carboxylic acids is 1. The molecule has 180 valence electrons. The molecule has 2 aromatic carbocycles. The smallest absolute Gasteiger partial charge is 0.335 e. The molecule has 1 unspecified atom stereocenters. The van der Waals surface area contributed by atoms with Crippen molar-refractivity contribution in [3.63, 3.8) is 0 Å². The molecule has 1 atom stereocenters. The molecule has 2 N–H and O–H groups in total. The number of benzene rings is 2. The lowest BCUT2D eigenvalue weighted by Crippen LogP contribution is -2.25. The van der Waals surface area contributed by atoms with Crippen molar-refractivity contribution < 1.29 is 23.1 Å². The van der Waals surface area contributed by atoms with Gasteiger partial charge in [0.2, 0.25) is 5.91 Å². The number of amides is 1. The van der Waals surface area contributed by atoms with E-state index in [-0.39, 0.29) is 22.1 Å². The van der Waals surface area contributed by atoms with Gasteiger partial charge in [-0.25, -0.2) is 13.2 Å². The number of carbonyl (C=O) groups is 2. The van der Waals surface area contributed by atoms with Gasteiger partial charge in [-0.2, -0.15) is 0 Å². The highest BCUT2D eigenvalue weighted by atomic mass is 32.2. The zero-order chi connectivity index (χ0) is 24.9. The highest BCUT2D eigenvalue weighted by Gasteiger charge is 2.25. The van der Waals surface area contributed by atoms with Gasteiger partial charge in [0, 0.05) is 12.2 Å². The summed E-state index contributed by atoms with van der Waals surface area (Å²) in [7, 11) is -3.61. The normalized spacial score (nSPS) is 12.3. The van der Waals surface area contributed by atoms with Crippen LogP contribution >= 0.6 is 11.8 Å². The summed E-state index contributed by atoms with van der Waals surface area (Å²) in [6.07, 6.45) is 0.475. The van der Waals surface area contributed by atoms with E-state index in [2.05, 4.69) is 15.5 Å². The molecular formula is C23H26N4O5S2. The number of anilines is 1. The van der Waals surface area contributed by atoms with Crippen LogP contribution in [0.15, 0.2) is 58.6 Å². The molecule has 0 radical (unpaired) electrons. The Kier molecular flexibility index (Phi) is 8.11. The first-order valence-electron chi connectivity index (χ1n) is 10.7. The first-order chi connectivity index (χ1) is 16.1. The number of hydrogen-bond donors (Lipinski definition) is 2. The maximum absolute atomic E-state index is 12.9. The fourth-order valence-electron chi connectivity index (χ4n) is 3.23. The third-order valence-corrected chi connectivity index (χ3v) is 8.07. The number of carbonyl (C=O) groups excluding carboxylic acids is 1. The minimum Gasteiger partial charge on any atom is -0.478 e. The summed E-state index contributed by atoms with van der Waals surface area (Å²) in [6, 6.07) is 12.6. The molecule has 34 heavy (non-hydrogen) atoms. The lowest BCUT2D eigenvalue weighted by atomic mass is 10.2.